The number of fused-ring (bicyclic) bond motifs is 1. The fourth-order valence-corrected chi connectivity index (χ4v) is 3.23. The van der Waals surface area contributed by atoms with Crippen LogP contribution in [0, 0.1) is 11.3 Å². The Bertz CT molecular complexity index is 1170. The first kappa shape index (κ1) is 17.1. The van der Waals surface area contributed by atoms with Crippen LogP contribution in [0.2, 0.25) is 5.02 Å². The van der Waals surface area contributed by atoms with E-state index in [0.717, 1.165) is 33.3 Å². The Labute approximate surface area is 161 Å². The molecule has 6 heteroatoms. The van der Waals surface area contributed by atoms with Crippen LogP contribution in [-0.2, 0) is 13.6 Å². The summed E-state index contributed by atoms with van der Waals surface area (Å²) in [7, 11) is 1.90. The molecule has 5 nitrogen and oxygen atoms in total. The average molecular weight is 374 g/mol. The number of rotatable bonds is 4. The third kappa shape index (κ3) is 3.48. The zero-order chi connectivity index (χ0) is 18.8. The van der Waals surface area contributed by atoms with E-state index in [0.29, 0.717) is 17.1 Å². The first-order valence-electron chi connectivity index (χ1n) is 8.44. The molecule has 0 aliphatic heterocycles. The summed E-state index contributed by atoms with van der Waals surface area (Å²) in [5.41, 5.74) is 5.31. The fourth-order valence-electron chi connectivity index (χ4n) is 3.06. The SMILES string of the molecule is Cn1cc(-c2cccc(CNc3c(C#N)cnc4ccc(Cl)cc34)c2)cn1. The molecule has 27 heavy (non-hydrogen) atoms. The number of aromatic nitrogens is 3. The second kappa shape index (κ2) is 7.10. The molecule has 0 spiro atoms. The molecule has 0 bridgehead atoms. The molecule has 2 aromatic carbocycles. The average Bonchev–Trinajstić information content (AvgIpc) is 3.12. The van der Waals surface area contributed by atoms with Crippen molar-refractivity contribution < 1.29 is 0 Å². The molecule has 0 aliphatic rings. The van der Waals surface area contributed by atoms with Gasteiger partial charge in [0.25, 0.3) is 0 Å². The number of pyridine rings is 1. The van der Waals surface area contributed by atoms with Crippen LogP contribution in [0.1, 0.15) is 11.1 Å². The van der Waals surface area contributed by atoms with E-state index in [9.17, 15) is 5.26 Å². The van der Waals surface area contributed by atoms with Gasteiger partial charge in [0, 0.05) is 42.0 Å². The van der Waals surface area contributed by atoms with Crippen LogP contribution in [0.4, 0.5) is 5.69 Å². The van der Waals surface area contributed by atoms with Gasteiger partial charge in [-0.15, -0.1) is 0 Å². The quantitative estimate of drug-likeness (QED) is 0.559. The number of aryl methyl sites for hydroxylation is 1. The highest BCUT2D eigenvalue weighted by Gasteiger charge is 2.10. The van der Waals surface area contributed by atoms with Crippen LogP contribution < -0.4 is 5.32 Å². The summed E-state index contributed by atoms with van der Waals surface area (Å²) < 4.78 is 1.78. The molecule has 0 amide bonds. The van der Waals surface area contributed by atoms with E-state index in [2.05, 4.69) is 39.7 Å². The third-order valence-corrected chi connectivity index (χ3v) is 4.62. The summed E-state index contributed by atoms with van der Waals surface area (Å²) in [6.45, 7) is 0.578. The minimum atomic E-state index is 0.494. The van der Waals surface area contributed by atoms with Gasteiger partial charge in [0.05, 0.1) is 23.0 Å². The second-order valence-electron chi connectivity index (χ2n) is 6.28. The van der Waals surface area contributed by atoms with Crippen LogP contribution >= 0.6 is 11.6 Å². The highest BCUT2D eigenvalue weighted by molar-refractivity contribution is 6.31. The first-order valence-corrected chi connectivity index (χ1v) is 8.82. The van der Waals surface area contributed by atoms with Crippen molar-refractivity contribution in [1.82, 2.24) is 14.8 Å². The van der Waals surface area contributed by atoms with Crippen LogP contribution in [0.15, 0.2) is 61.1 Å². The van der Waals surface area contributed by atoms with E-state index in [4.69, 9.17) is 11.6 Å². The Morgan fingerprint density at radius 1 is 1.15 bits per heavy atom. The maximum absolute atomic E-state index is 9.47. The molecule has 0 fully saturated rings. The minimum absolute atomic E-state index is 0.494. The zero-order valence-corrected chi connectivity index (χ0v) is 15.4. The molecule has 1 N–H and O–H groups in total. The van der Waals surface area contributed by atoms with Gasteiger partial charge in [-0.05, 0) is 35.4 Å². The molecule has 132 valence electrons. The Balaban J connectivity index is 1.66. The minimum Gasteiger partial charge on any atom is -0.379 e. The zero-order valence-electron chi connectivity index (χ0n) is 14.6. The lowest BCUT2D eigenvalue weighted by molar-refractivity contribution is 0.768. The van der Waals surface area contributed by atoms with Crippen LogP contribution in [-0.4, -0.2) is 14.8 Å². The number of hydrogen-bond donors (Lipinski definition) is 1. The molecule has 4 aromatic rings. The molecule has 0 saturated heterocycles. The van der Waals surface area contributed by atoms with Gasteiger partial charge in [-0.3, -0.25) is 9.67 Å². The second-order valence-corrected chi connectivity index (χ2v) is 6.71. The lowest BCUT2D eigenvalue weighted by Crippen LogP contribution is -2.03. The largest absolute Gasteiger partial charge is 0.379 e. The van der Waals surface area contributed by atoms with Gasteiger partial charge in [-0.25, -0.2) is 0 Å². The van der Waals surface area contributed by atoms with Gasteiger partial charge in [0.1, 0.15) is 6.07 Å². The summed E-state index contributed by atoms with van der Waals surface area (Å²) in [6.07, 6.45) is 5.42. The Morgan fingerprint density at radius 3 is 2.81 bits per heavy atom. The maximum Gasteiger partial charge on any atom is 0.103 e. The summed E-state index contributed by atoms with van der Waals surface area (Å²) in [6, 6.07) is 15.9. The number of nitrogens with one attached hydrogen (secondary N) is 1. The smallest absolute Gasteiger partial charge is 0.103 e. The van der Waals surface area contributed by atoms with Crippen molar-refractivity contribution in [3.63, 3.8) is 0 Å². The van der Waals surface area contributed by atoms with Crippen molar-refractivity contribution in [2.75, 3.05) is 5.32 Å². The number of anilines is 1. The highest BCUT2D eigenvalue weighted by atomic mass is 35.5. The molecule has 2 aromatic heterocycles. The molecule has 2 heterocycles. The van der Waals surface area contributed by atoms with Crippen LogP contribution in [0.5, 0.6) is 0 Å². The van der Waals surface area contributed by atoms with Crippen molar-refractivity contribution in [3.8, 4) is 17.2 Å². The lowest BCUT2D eigenvalue weighted by Gasteiger charge is -2.12. The highest BCUT2D eigenvalue weighted by Crippen LogP contribution is 2.29. The van der Waals surface area contributed by atoms with E-state index >= 15 is 0 Å². The summed E-state index contributed by atoms with van der Waals surface area (Å²) in [5, 5.41) is 18.5. The van der Waals surface area contributed by atoms with Crippen LogP contribution in [0.3, 0.4) is 0 Å². The molecule has 0 saturated carbocycles. The summed E-state index contributed by atoms with van der Waals surface area (Å²) in [5.74, 6) is 0. The standard InChI is InChI=1S/C21H16ClN5/c1-27-13-17(12-26-27)15-4-2-3-14(7-15)10-25-21-16(9-23)11-24-20-6-5-18(22)8-19(20)21/h2-8,11-13H,10H2,1H3,(H,24,25). The number of nitrogens with zero attached hydrogens (tertiary/aromatic N) is 4. The molecule has 4 rings (SSSR count). The molecule has 0 aliphatic carbocycles. The number of benzene rings is 2. The fraction of sp³-hybridized carbons (Fsp3) is 0.0952. The Kier molecular flexibility index (Phi) is 4.49. The molecular weight excluding hydrogens is 358 g/mol. The van der Waals surface area contributed by atoms with Crippen molar-refractivity contribution in [2.45, 2.75) is 6.54 Å². The van der Waals surface area contributed by atoms with Gasteiger partial charge in [-0.1, -0.05) is 29.8 Å². The van der Waals surface area contributed by atoms with E-state index in [-0.39, 0.29) is 0 Å². The van der Waals surface area contributed by atoms with Crippen molar-refractivity contribution in [3.05, 3.63) is 77.2 Å². The molecule has 0 atom stereocenters. The van der Waals surface area contributed by atoms with Gasteiger partial charge in [-0.2, -0.15) is 10.4 Å². The van der Waals surface area contributed by atoms with Crippen molar-refractivity contribution in [1.29, 1.82) is 5.26 Å². The third-order valence-electron chi connectivity index (χ3n) is 4.38. The van der Waals surface area contributed by atoms with E-state index in [1.54, 1.807) is 16.9 Å². The number of halogens is 1. The van der Waals surface area contributed by atoms with E-state index in [1.165, 1.54) is 0 Å². The maximum atomic E-state index is 9.47. The summed E-state index contributed by atoms with van der Waals surface area (Å²) >= 11 is 6.15. The van der Waals surface area contributed by atoms with Crippen molar-refractivity contribution in [2.24, 2.45) is 7.05 Å². The van der Waals surface area contributed by atoms with E-state index in [1.807, 2.05) is 37.6 Å². The van der Waals surface area contributed by atoms with Crippen LogP contribution in [0.25, 0.3) is 22.0 Å². The Morgan fingerprint density at radius 2 is 2.04 bits per heavy atom. The van der Waals surface area contributed by atoms with Gasteiger partial charge >= 0.3 is 0 Å². The normalized spacial score (nSPS) is 10.7. The molecular formula is C21H16ClN5. The summed E-state index contributed by atoms with van der Waals surface area (Å²) in [4.78, 5) is 4.33. The molecule has 0 radical (unpaired) electrons. The monoisotopic (exact) mass is 373 g/mol. The predicted octanol–water partition coefficient (Wildman–Crippen LogP) is 4.77. The lowest BCUT2D eigenvalue weighted by atomic mass is 10.1. The van der Waals surface area contributed by atoms with Crippen molar-refractivity contribution >= 4 is 28.2 Å². The van der Waals surface area contributed by atoms with Gasteiger partial charge < -0.3 is 5.32 Å². The van der Waals surface area contributed by atoms with Gasteiger partial charge in [0.2, 0.25) is 0 Å². The van der Waals surface area contributed by atoms with Gasteiger partial charge in [0.15, 0.2) is 0 Å². The van der Waals surface area contributed by atoms with E-state index < -0.39 is 0 Å². The predicted molar refractivity (Wildman–Crippen MR) is 107 cm³/mol. The first-order chi connectivity index (χ1) is 13.1. The molecule has 0 unspecified atom stereocenters. The topological polar surface area (TPSA) is 66.5 Å². The number of nitriles is 1. The Hall–Kier alpha value is -3.36. The number of hydrogen-bond acceptors (Lipinski definition) is 4.